The third kappa shape index (κ3) is 3.22. The first-order valence-corrected chi connectivity index (χ1v) is 10.3. The minimum atomic E-state index is -0.662. The Hall–Kier alpha value is -3.60. The Balaban J connectivity index is 1.45. The number of amides is 2. The summed E-state index contributed by atoms with van der Waals surface area (Å²) < 4.78 is 0. The van der Waals surface area contributed by atoms with Crippen LogP contribution in [0.3, 0.4) is 0 Å². The van der Waals surface area contributed by atoms with Gasteiger partial charge in [0.25, 0.3) is 0 Å². The molecule has 0 radical (unpaired) electrons. The van der Waals surface area contributed by atoms with Crippen molar-refractivity contribution >= 4 is 39.2 Å². The largest absolute Gasteiger partial charge is 0.361 e. The molecular weight excluding hydrogens is 374 g/mol. The van der Waals surface area contributed by atoms with Gasteiger partial charge >= 0.3 is 0 Å². The number of aryl methyl sites for hydroxylation is 2. The highest BCUT2D eigenvalue weighted by atomic mass is 16.2. The number of hydrogen-bond donors (Lipinski definition) is 3. The number of nitrogens with one attached hydrogen (secondary N) is 3. The first-order chi connectivity index (χ1) is 14.6. The molecule has 0 bridgehead atoms. The summed E-state index contributed by atoms with van der Waals surface area (Å²) in [6.45, 7) is 1.44. The van der Waals surface area contributed by atoms with Gasteiger partial charge in [0, 0.05) is 41.5 Å². The van der Waals surface area contributed by atoms with Crippen molar-refractivity contribution in [2.24, 2.45) is 0 Å². The van der Waals surface area contributed by atoms with Crippen LogP contribution in [0.25, 0.3) is 21.7 Å². The number of hydrogen-bond acceptors (Lipinski definition) is 2. The van der Waals surface area contributed by atoms with E-state index in [1.807, 2.05) is 42.6 Å². The lowest BCUT2D eigenvalue weighted by Crippen LogP contribution is -2.44. The van der Waals surface area contributed by atoms with Crippen LogP contribution in [0.4, 0.5) is 5.69 Å². The molecule has 30 heavy (non-hydrogen) atoms. The van der Waals surface area contributed by atoms with Gasteiger partial charge in [0.1, 0.15) is 6.04 Å². The Morgan fingerprint density at radius 1 is 0.967 bits per heavy atom. The van der Waals surface area contributed by atoms with E-state index in [9.17, 15) is 9.59 Å². The molecular formula is C25H23N3O2. The van der Waals surface area contributed by atoms with Crippen LogP contribution in [0.5, 0.6) is 0 Å². The molecule has 5 heteroatoms. The smallest absolute Gasteiger partial charge is 0.247 e. The fourth-order valence-electron chi connectivity index (χ4n) is 4.55. The minimum absolute atomic E-state index is 0.214. The van der Waals surface area contributed by atoms with Crippen molar-refractivity contribution in [1.29, 1.82) is 0 Å². The van der Waals surface area contributed by atoms with Gasteiger partial charge in [-0.1, -0.05) is 42.5 Å². The maximum atomic E-state index is 13.2. The molecule has 5 rings (SSSR count). The Labute approximate surface area is 174 Å². The highest BCUT2D eigenvalue weighted by Crippen LogP contribution is 2.35. The zero-order chi connectivity index (χ0) is 20.7. The van der Waals surface area contributed by atoms with Crippen molar-refractivity contribution < 1.29 is 9.59 Å². The third-order valence-electron chi connectivity index (χ3n) is 5.93. The van der Waals surface area contributed by atoms with Gasteiger partial charge in [0.2, 0.25) is 11.8 Å². The molecule has 1 atom stereocenters. The second-order valence-corrected chi connectivity index (χ2v) is 7.92. The number of anilines is 1. The Morgan fingerprint density at radius 2 is 1.73 bits per heavy atom. The van der Waals surface area contributed by atoms with Crippen LogP contribution in [0.2, 0.25) is 0 Å². The van der Waals surface area contributed by atoms with E-state index in [-0.39, 0.29) is 11.8 Å². The topological polar surface area (TPSA) is 74.0 Å². The van der Waals surface area contributed by atoms with Crippen molar-refractivity contribution in [3.05, 3.63) is 77.5 Å². The van der Waals surface area contributed by atoms with Crippen LogP contribution in [-0.4, -0.2) is 22.8 Å². The van der Waals surface area contributed by atoms with E-state index in [4.69, 9.17) is 0 Å². The average molecular weight is 397 g/mol. The summed E-state index contributed by atoms with van der Waals surface area (Å²) in [6.07, 6.45) is 4.40. The van der Waals surface area contributed by atoms with Gasteiger partial charge in [0.05, 0.1) is 0 Å². The van der Waals surface area contributed by atoms with Crippen molar-refractivity contribution in [3.63, 3.8) is 0 Å². The van der Waals surface area contributed by atoms with Gasteiger partial charge in [-0.05, 0) is 47.1 Å². The van der Waals surface area contributed by atoms with Gasteiger partial charge in [-0.25, -0.2) is 0 Å². The molecule has 0 saturated heterocycles. The van der Waals surface area contributed by atoms with Gasteiger partial charge in [0.15, 0.2) is 0 Å². The number of H-pyrrole nitrogens is 1. The summed E-state index contributed by atoms with van der Waals surface area (Å²) in [5.74, 6) is -0.440. The van der Waals surface area contributed by atoms with Gasteiger partial charge in [-0.15, -0.1) is 0 Å². The van der Waals surface area contributed by atoms with Crippen molar-refractivity contribution in [2.45, 2.75) is 32.2 Å². The highest BCUT2D eigenvalue weighted by Gasteiger charge is 2.23. The molecule has 0 spiro atoms. The van der Waals surface area contributed by atoms with Crippen molar-refractivity contribution in [3.8, 4) is 0 Å². The standard InChI is InChI=1S/C25H23N3O2/c1-15(29)27-23(13-18-14-26-21-8-3-2-6-19(18)21)25(30)28-22-12-11-17-10-9-16-5-4-7-20(22)24(16)17/h2-8,11-12,14,23,26H,9-10,13H2,1H3,(H,27,29)(H,28,30). The second-order valence-electron chi connectivity index (χ2n) is 7.92. The fraction of sp³-hybridized carbons (Fsp3) is 0.200. The molecule has 3 aromatic carbocycles. The number of benzene rings is 3. The molecule has 150 valence electrons. The maximum Gasteiger partial charge on any atom is 0.247 e. The normalized spacial score (nSPS) is 13.5. The molecule has 4 aromatic rings. The van der Waals surface area contributed by atoms with E-state index >= 15 is 0 Å². The quantitative estimate of drug-likeness (QED) is 0.474. The van der Waals surface area contributed by atoms with Crippen LogP contribution >= 0.6 is 0 Å². The van der Waals surface area contributed by atoms with Crippen LogP contribution in [0.1, 0.15) is 23.6 Å². The van der Waals surface area contributed by atoms with E-state index in [1.165, 1.54) is 23.4 Å². The van der Waals surface area contributed by atoms with Gasteiger partial charge in [-0.3, -0.25) is 9.59 Å². The number of para-hydroxylation sites is 1. The van der Waals surface area contributed by atoms with E-state index in [0.717, 1.165) is 40.4 Å². The lowest BCUT2D eigenvalue weighted by Gasteiger charge is -2.18. The molecule has 0 aliphatic heterocycles. The first-order valence-electron chi connectivity index (χ1n) is 10.3. The number of fused-ring (bicyclic) bond motifs is 1. The number of aromatic amines is 1. The second kappa shape index (κ2) is 7.34. The maximum absolute atomic E-state index is 13.2. The molecule has 1 heterocycles. The molecule has 2 amide bonds. The average Bonchev–Trinajstić information content (AvgIpc) is 3.35. The Kier molecular flexibility index (Phi) is 4.51. The fourth-order valence-corrected chi connectivity index (χ4v) is 4.55. The zero-order valence-corrected chi connectivity index (χ0v) is 16.8. The monoisotopic (exact) mass is 397 g/mol. The zero-order valence-electron chi connectivity index (χ0n) is 16.8. The molecule has 1 aliphatic rings. The molecule has 0 fully saturated rings. The van der Waals surface area contributed by atoms with E-state index in [2.05, 4.69) is 33.8 Å². The molecule has 3 N–H and O–H groups in total. The molecule has 1 aromatic heterocycles. The Bertz CT molecular complexity index is 1280. The lowest BCUT2D eigenvalue weighted by atomic mass is 10.0. The van der Waals surface area contributed by atoms with E-state index < -0.39 is 6.04 Å². The summed E-state index contributed by atoms with van der Waals surface area (Å²) in [6, 6.07) is 17.6. The lowest BCUT2D eigenvalue weighted by molar-refractivity contribution is -0.125. The third-order valence-corrected chi connectivity index (χ3v) is 5.93. The summed E-state index contributed by atoms with van der Waals surface area (Å²) in [4.78, 5) is 28.3. The number of carbonyl (C=O) groups excluding carboxylic acids is 2. The number of rotatable bonds is 5. The van der Waals surface area contributed by atoms with E-state index in [1.54, 1.807) is 0 Å². The number of carbonyl (C=O) groups is 2. The Morgan fingerprint density at radius 3 is 2.57 bits per heavy atom. The van der Waals surface area contributed by atoms with Crippen molar-refractivity contribution in [2.75, 3.05) is 5.32 Å². The summed E-state index contributed by atoms with van der Waals surface area (Å²) in [5.41, 5.74) is 5.46. The van der Waals surface area contributed by atoms with Crippen molar-refractivity contribution in [1.82, 2.24) is 10.3 Å². The van der Waals surface area contributed by atoms with E-state index in [0.29, 0.717) is 6.42 Å². The molecule has 0 saturated carbocycles. The predicted octanol–water partition coefficient (Wildman–Crippen LogP) is 4.11. The predicted molar refractivity (Wildman–Crippen MR) is 120 cm³/mol. The van der Waals surface area contributed by atoms with Gasteiger partial charge in [-0.2, -0.15) is 0 Å². The number of aromatic nitrogens is 1. The van der Waals surface area contributed by atoms with Crippen LogP contribution in [0.15, 0.2) is 60.8 Å². The van der Waals surface area contributed by atoms with Crippen LogP contribution in [0, 0.1) is 0 Å². The van der Waals surface area contributed by atoms with Crippen LogP contribution < -0.4 is 10.6 Å². The summed E-state index contributed by atoms with van der Waals surface area (Å²) in [5, 5.41) is 9.26. The summed E-state index contributed by atoms with van der Waals surface area (Å²) in [7, 11) is 0. The first kappa shape index (κ1) is 18.4. The summed E-state index contributed by atoms with van der Waals surface area (Å²) >= 11 is 0. The molecule has 1 unspecified atom stereocenters. The van der Waals surface area contributed by atoms with Crippen LogP contribution in [-0.2, 0) is 28.9 Å². The van der Waals surface area contributed by atoms with Gasteiger partial charge < -0.3 is 15.6 Å². The molecule has 1 aliphatic carbocycles. The highest BCUT2D eigenvalue weighted by molar-refractivity contribution is 6.07. The SMILES string of the molecule is CC(=O)NC(Cc1c[nH]c2ccccc12)C(=O)Nc1ccc2c3c(cccc13)CC2. The minimum Gasteiger partial charge on any atom is -0.361 e. The molecule has 5 nitrogen and oxygen atoms in total.